The molecule has 1 unspecified atom stereocenters. The number of unbranched alkanes of at least 4 members (excludes halogenated alkanes) is 1. The van der Waals surface area contributed by atoms with E-state index in [0.717, 1.165) is 19.3 Å². The maximum absolute atomic E-state index is 10.7. The molecule has 12 heavy (non-hydrogen) atoms. The molecule has 0 bridgehead atoms. The van der Waals surface area contributed by atoms with Crippen molar-refractivity contribution in [2.24, 2.45) is 0 Å². The molecule has 0 aromatic heterocycles. The molecule has 3 heteroatoms. The smallest absolute Gasteiger partial charge is 0.419 e. The summed E-state index contributed by atoms with van der Waals surface area (Å²) >= 11 is 0. The predicted molar refractivity (Wildman–Crippen MR) is 44.6 cm³/mol. The first-order valence-electron chi connectivity index (χ1n) is 4.18. The third-order valence-electron chi connectivity index (χ3n) is 2.11. The maximum Gasteiger partial charge on any atom is 0.514 e. The van der Waals surface area contributed by atoms with Crippen LogP contribution in [-0.2, 0) is 9.47 Å². The minimum absolute atomic E-state index is 0.431. The Bertz CT molecular complexity index is 210. The highest BCUT2D eigenvalue weighted by Gasteiger charge is 2.41. The number of ether oxygens (including phenoxy) is 2. The van der Waals surface area contributed by atoms with E-state index >= 15 is 0 Å². The van der Waals surface area contributed by atoms with Gasteiger partial charge in [0.25, 0.3) is 0 Å². The van der Waals surface area contributed by atoms with Gasteiger partial charge in [0.1, 0.15) is 5.76 Å². The fourth-order valence-corrected chi connectivity index (χ4v) is 1.17. The van der Waals surface area contributed by atoms with Crippen LogP contribution in [0.3, 0.4) is 0 Å². The van der Waals surface area contributed by atoms with Crippen molar-refractivity contribution in [2.75, 3.05) is 0 Å². The molecule has 0 spiro atoms. The van der Waals surface area contributed by atoms with Crippen molar-refractivity contribution in [3.63, 3.8) is 0 Å². The maximum atomic E-state index is 10.7. The Morgan fingerprint density at radius 1 is 1.58 bits per heavy atom. The molecule has 0 N–H and O–H groups in total. The highest BCUT2D eigenvalue weighted by molar-refractivity contribution is 5.66. The predicted octanol–water partition coefficient (Wildman–Crippen LogP) is 2.62. The third kappa shape index (κ3) is 1.60. The number of carbonyl (C=O) groups excluding carboxylic acids is 1. The van der Waals surface area contributed by atoms with E-state index in [1.807, 2.05) is 6.92 Å². The van der Waals surface area contributed by atoms with E-state index in [1.54, 1.807) is 0 Å². The van der Waals surface area contributed by atoms with Gasteiger partial charge < -0.3 is 9.47 Å². The van der Waals surface area contributed by atoms with Crippen molar-refractivity contribution in [1.29, 1.82) is 0 Å². The summed E-state index contributed by atoms with van der Waals surface area (Å²) in [4.78, 5) is 10.7. The van der Waals surface area contributed by atoms with Crippen molar-refractivity contribution in [3.8, 4) is 0 Å². The average molecular weight is 170 g/mol. The Balaban J connectivity index is 2.58. The van der Waals surface area contributed by atoms with Crippen LogP contribution >= 0.6 is 0 Å². The lowest BCUT2D eigenvalue weighted by Crippen LogP contribution is -2.25. The molecular weight excluding hydrogens is 156 g/mol. The average Bonchev–Trinajstić information content (AvgIpc) is 2.23. The van der Waals surface area contributed by atoms with E-state index < -0.39 is 11.8 Å². The molecular formula is C9H14O3. The second-order valence-corrected chi connectivity index (χ2v) is 3.21. The van der Waals surface area contributed by atoms with Crippen LogP contribution in [0.1, 0.15) is 33.1 Å². The summed E-state index contributed by atoms with van der Waals surface area (Å²) in [6.45, 7) is 7.56. The van der Waals surface area contributed by atoms with Gasteiger partial charge in [-0.1, -0.05) is 19.9 Å². The highest BCUT2D eigenvalue weighted by atomic mass is 16.8. The van der Waals surface area contributed by atoms with Crippen LogP contribution in [0.25, 0.3) is 0 Å². The SMILES string of the molecule is C=C1OC(=O)OC1(C)CCCC. The molecule has 1 heterocycles. The van der Waals surface area contributed by atoms with Crippen LogP contribution in [0.2, 0.25) is 0 Å². The first-order chi connectivity index (χ1) is 5.58. The molecule has 0 aromatic rings. The molecule has 0 aliphatic carbocycles. The molecule has 1 aliphatic rings. The minimum Gasteiger partial charge on any atom is -0.419 e. The van der Waals surface area contributed by atoms with Crippen LogP contribution in [0.4, 0.5) is 4.79 Å². The number of hydrogen-bond donors (Lipinski definition) is 0. The topological polar surface area (TPSA) is 35.5 Å². The van der Waals surface area contributed by atoms with Gasteiger partial charge >= 0.3 is 6.16 Å². The zero-order valence-corrected chi connectivity index (χ0v) is 7.55. The highest BCUT2D eigenvalue weighted by Crippen LogP contribution is 2.33. The lowest BCUT2D eigenvalue weighted by atomic mass is 9.98. The summed E-state index contributed by atoms with van der Waals surface area (Å²) in [6, 6.07) is 0. The molecule has 3 nitrogen and oxygen atoms in total. The van der Waals surface area contributed by atoms with E-state index in [1.165, 1.54) is 0 Å². The lowest BCUT2D eigenvalue weighted by Gasteiger charge is -2.19. The van der Waals surface area contributed by atoms with Crippen molar-refractivity contribution in [2.45, 2.75) is 38.7 Å². The summed E-state index contributed by atoms with van der Waals surface area (Å²) < 4.78 is 9.72. The van der Waals surface area contributed by atoms with Crippen LogP contribution in [-0.4, -0.2) is 11.8 Å². The molecule has 1 fully saturated rings. The molecule has 1 saturated heterocycles. The van der Waals surface area contributed by atoms with Crippen molar-refractivity contribution in [1.82, 2.24) is 0 Å². The Kier molecular flexibility index (Phi) is 2.40. The summed E-state index contributed by atoms with van der Waals surface area (Å²) in [5.41, 5.74) is -0.590. The van der Waals surface area contributed by atoms with E-state index in [-0.39, 0.29) is 0 Å². The number of rotatable bonds is 3. The minimum atomic E-state index is -0.626. The molecule has 68 valence electrons. The fraction of sp³-hybridized carbons (Fsp3) is 0.667. The fourth-order valence-electron chi connectivity index (χ4n) is 1.17. The van der Waals surface area contributed by atoms with Gasteiger partial charge in [-0.25, -0.2) is 4.79 Å². The van der Waals surface area contributed by atoms with Gasteiger partial charge in [-0.2, -0.15) is 0 Å². The van der Waals surface area contributed by atoms with Gasteiger partial charge in [-0.15, -0.1) is 0 Å². The van der Waals surface area contributed by atoms with Crippen LogP contribution < -0.4 is 0 Å². The van der Waals surface area contributed by atoms with Gasteiger partial charge in [-0.3, -0.25) is 0 Å². The molecule has 0 aromatic carbocycles. The molecule has 1 atom stereocenters. The van der Waals surface area contributed by atoms with Gasteiger partial charge in [0.05, 0.1) is 0 Å². The van der Waals surface area contributed by atoms with Crippen LogP contribution in [0.15, 0.2) is 12.3 Å². The second kappa shape index (κ2) is 3.17. The van der Waals surface area contributed by atoms with Gasteiger partial charge in [0.15, 0.2) is 5.60 Å². The Morgan fingerprint density at radius 2 is 2.25 bits per heavy atom. The van der Waals surface area contributed by atoms with Gasteiger partial charge in [0.2, 0.25) is 0 Å². The largest absolute Gasteiger partial charge is 0.514 e. The van der Waals surface area contributed by atoms with Crippen LogP contribution in [0, 0.1) is 0 Å². The van der Waals surface area contributed by atoms with Crippen molar-refractivity contribution >= 4 is 6.16 Å². The zero-order valence-electron chi connectivity index (χ0n) is 7.55. The number of cyclic esters (lactones) is 2. The quantitative estimate of drug-likeness (QED) is 0.611. The van der Waals surface area contributed by atoms with Gasteiger partial charge in [-0.05, 0) is 19.8 Å². The first-order valence-corrected chi connectivity index (χ1v) is 4.18. The Labute approximate surface area is 72.4 Å². The molecule has 1 rings (SSSR count). The van der Waals surface area contributed by atoms with E-state index in [4.69, 9.17) is 9.47 Å². The second-order valence-electron chi connectivity index (χ2n) is 3.21. The monoisotopic (exact) mass is 170 g/mol. The standard InChI is InChI=1S/C9H14O3/c1-4-5-6-9(3)7(2)11-8(10)12-9/h2,4-6H2,1,3H3. The van der Waals surface area contributed by atoms with E-state index in [2.05, 4.69) is 13.5 Å². The van der Waals surface area contributed by atoms with Crippen molar-refractivity contribution < 1.29 is 14.3 Å². The third-order valence-corrected chi connectivity index (χ3v) is 2.11. The van der Waals surface area contributed by atoms with Crippen molar-refractivity contribution in [3.05, 3.63) is 12.3 Å². The summed E-state index contributed by atoms with van der Waals surface area (Å²) in [5, 5.41) is 0. The van der Waals surface area contributed by atoms with Crippen LogP contribution in [0.5, 0.6) is 0 Å². The normalized spacial score (nSPS) is 28.5. The molecule has 1 aliphatic heterocycles. The zero-order chi connectivity index (χ0) is 9.19. The molecule has 0 amide bonds. The Hall–Kier alpha value is -0.990. The molecule has 0 saturated carbocycles. The summed E-state index contributed by atoms with van der Waals surface area (Å²) in [5.74, 6) is 0.431. The van der Waals surface area contributed by atoms with E-state index in [0.29, 0.717) is 5.76 Å². The van der Waals surface area contributed by atoms with E-state index in [9.17, 15) is 4.79 Å². The number of hydrogen-bond acceptors (Lipinski definition) is 3. The Morgan fingerprint density at radius 3 is 2.67 bits per heavy atom. The van der Waals surface area contributed by atoms with Gasteiger partial charge in [0, 0.05) is 0 Å². The summed E-state index contributed by atoms with van der Waals surface area (Å²) in [6.07, 6.45) is 2.24. The number of carbonyl (C=O) groups is 1. The lowest BCUT2D eigenvalue weighted by molar-refractivity contribution is 0.0701. The summed E-state index contributed by atoms with van der Waals surface area (Å²) in [7, 11) is 0. The first kappa shape index (κ1) is 9.10. The molecule has 0 radical (unpaired) electrons.